The Labute approximate surface area is 79.9 Å². The van der Waals surface area contributed by atoms with Crippen molar-refractivity contribution in [3.05, 3.63) is 0 Å². The highest BCUT2D eigenvalue weighted by Crippen LogP contribution is 2.66. The summed E-state index contributed by atoms with van der Waals surface area (Å²) in [5, 5.41) is 0. The van der Waals surface area contributed by atoms with Gasteiger partial charge in [-0.2, -0.15) is 0 Å². The van der Waals surface area contributed by atoms with Crippen molar-refractivity contribution in [1.29, 1.82) is 0 Å². The summed E-state index contributed by atoms with van der Waals surface area (Å²) in [7, 11) is 0. The van der Waals surface area contributed by atoms with E-state index in [0.29, 0.717) is 17.1 Å². The van der Waals surface area contributed by atoms with Gasteiger partial charge in [-0.1, -0.05) is 13.3 Å². The molecular weight excluding hydrogens is 160 g/mol. The lowest BCUT2D eigenvalue weighted by atomic mass is 9.44. The molecule has 0 aromatic carbocycles. The van der Waals surface area contributed by atoms with Crippen LogP contribution in [0.1, 0.15) is 45.4 Å². The summed E-state index contributed by atoms with van der Waals surface area (Å²) < 4.78 is 0. The van der Waals surface area contributed by atoms with Crippen LogP contribution in [0.3, 0.4) is 0 Å². The standard InChI is InChI=1S/C12H18O/c1-12-7-3-6-10(13)11(12)8-4-2-5-9(8)12/h8-9,11H,2-7H2,1H3/t8-,9-,11+,12-/m0/s1. The minimum Gasteiger partial charge on any atom is -0.299 e. The first-order valence-electron chi connectivity index (χ1n) is 5.76. The van der Waals surface area contributed by atoms with Crippen molar-refractivity contribution in [3.63, 3.8) is 0 Å². The van der Waals surface area contributed by atoms with Crippen LogP contribution in [0.15, 0.2) is 0 Å². The zero-order valence-electron chi connectivity index (χ0n) is 8.38. The Bertz CT molecular complexity index is 258. The number of hydrogen-bond donors (Lipinski definition) is 0. The number of rotatable bonds is 0. The predicted molar refractivity (Wildman–Crippen MR) is 51.3 cm³/mol. The summed E-state index contributed by atoms with van der Waals surface area (Å²) in [6, 6.07) is 0. The third-order valence-corrected chi connectivity index (χ3v) is 5.04. The molecule has 0 spiro atoms. The zero-order valence-corrected chi connectivity index (χ0v) is 8.38. The molecule has 0 aliphatic heterocycles. The molecule has 4 atom stereocenters. The lowest BCUT2D eigenvalue weighted by Gasteiger charge is -2.59. The average molecular weight is 178 g/mol. The lowest BCUT2D eigenvalue weighted by Crippen LogP contribution is -2.58. The van der Waals surface area contributed by atoms with Crippen LogP contribution in [0.2, 0.25) is 0 Å². The van der Waals surface area contributed by atoms with E-state index in [1.165, 1.54) is 25.7 Å². The van der Waals surface area contributed by atoms with Gasteiger partial charge in [-0.15, -0.1) is 0 Å². The van der Waals surface area contributed by atoms with Gasteiger partial charge < -0.3 is 0 Å². The molecule has 0 radical (unpaired) electrons. The highest BCUT2D eigenvalue weighted by Gasteiger charge is 2.63. The molecular formula is C12H18O. The Balaban J connectivity index is 1.93. The zero-order chi connectivity index (χ0) is 9.05. The Morgan fingerprint density at radius 1 is 1.31 bits per heavy atom. The van der Waals surface area contributed by atoms with Gasteiger partial charge in [0.15, 0.2) is 0 Å². The van der Waals surface area contributed by atoms with E-state index < -0.39 is 0 Å². The third-order valence-electron chi connectivity index (χ3n) is 5.04. The van der Waals surface area contributed by atoms with Crippen LogP contribution in [0.4, 0.5) is 0 Å². The average Bonchev–Trinajstić information content (AvgIpc) is 2.48. The van der Waals surface area contributed by atoms with E-state index in [1.807, 2.05) is 0 Å². The van der Waals surface area contributed by atoms with Crippen LogP contribution >= 0.6 is 0 Å². The van der Waals surface area contributed by atoms with Crippen LogP contribution in [0, 0.1) is 23.2 Å². The first-order chi connectivity index (χ1) is 6.23. The molecule has 3 rings (SSSR count). The SMILES string of the molecule is C[C@@]12CCCC(=O)[C@H]1[C@H]1CCC[C@@H]12. The molecule has 0 N–H and O–H groups in total. The second-order valence-corrected chi connectivity index (χ2v) is 5.50. The van der Waals surface area contributed by atoms with Gasteiger partial charge in [0.05, 0.1) is 0 Å². The Kier molecular flexibility index (Phi) is 1.46. The molecule has 3 saturated carbocycles. The smallest absolute Gasteiger partial charge is 0.136 e. The van der Waals surface area contributed by atoms with Gasteiger partial charge in [0.25, 0.3) is 0 Å². The normalized spacial score (nSPS) is 53.9. The maximum atomic E-state index is 11.8. The number of Topliss-reactive ketones (excluding diaryl/α,β-unsaturated/α-hetero) is 1. The maximum Gasteiger partial charge on any atom is 0.136 e. The summed E-state index contributed by atoms with van der Waals surface area (Å²) in [6.07, 6.45) is 7.50. The fourth-order valence-electron chi connectivity index (χ4n) is 4.55. The lowest BCUT2D eigenvalue weighted by molar-refractivity contribution is -0.160. The van der Waals surface area contributed by atoms with Crippen LogP contribution in [-0.4, -0.2) is 5.78 Å². The summed E-state index contributed by atoms with van der Waals surface area (Å²) in [6.45, 7) is 2.38. The Morgan fingerprint density at radius 3 is 3.00 bits per heavy atom. The van der Waals surface area contributed by atoms with E-state index >= 15 is 0 Å². The van der Waals surface area contributed by atoms with Crippen LogP contribution in [0.25, 0.3) is 0 Å². The Morgan fingerprint density at radius 2 is 2.15 bits per heavy atom. The van der Waals surface area contributed by atoms with E-state index in [-0.39, 0.29) is 0 Å². The van der Waals surface area contributed by atoms with Gasteiger partial charge in [0.1, 0.15) is 5.78 Å². The Hall–Kier alpha value is -0.330. The van der Waals surface area contributed by atoms with E-state index in [9.17, 15) is 4.79 Å². The molecule has 1 nitrogen and oxygen atoms in total. The summed E-state index contributed by atoms with van der Waals surface area (Å²) >= 11 is 0. The van der Waals surface area contributed by atoms with Crippen molar-refractivity contribution in [1.82, 2.24) is 0 Å². The summed E-state index contributed by atoms with van der Waals surface area (Å²) in [4.78, 5) is 11.8. The predicted octanol–water partition coefficient (Wildman–Crippen LogP) is 2.79. The monoisotopic (exact) mass is 178 g/mol. The van der Waals surface area contributed by atoms with E-state index in [0.717, 1.165) is 24.7 Å². The maximum absolute atomic E-state index is 11.8. The van der Waals surface area contributed by atoms with Crippen molar-refractivity contribution in [2.45, 2.75) is 45.4 Å². The number of carbonyl (C=O) groups is 1. The molecule has 0 amide bonds. The summed E-state index contributed by atoms with van der Waals surface area (Å²) in [5.74, 6) is 2.80. The highest BCUT2D eigenvalue weighted by molar-refractivity contribution is 5.84. The fraction of sp³-hybridized carbons (Fsp3) is 0.917. The number of fused-ring (bicyclic) bond motifs is 4. The molecule has 3 aliphatic carbocycles. The number of ketones is 1. The van der Waals surface area contributed by atoms with Gasteiger partial charge in [-0.05, 0) is 42.9 Å². The van der Waals surface area contributed by atoms with Crippen molar-refractivity contribution >= 4 is 5.78 Å². The van der Waals surface area contributed by atoms with Gasteiger partial charge in [0.2, 0.25) is 0 Å². The van der Waals surface area contributed by atoms with Crippen LogP contribution < -0.4 is 0 Å². The van der Waals surface area contributed by atoms with Crippen LogP contribution in [0.5, 0.6) is 0 Å². The molecule has 0 bridgehead atoms. The van der Waals surface area contributed by atoms with Gasteiger partial charge in [0, 0.05) is 12.3 Å². The minimum absolute atomic E-state index is 0.441. The quantitative estimate of drug-likeness (QED) is 0.557. The largest absolute Gasteiger partial charge is 0.299 e. The summed E-state index contributed by atoms with van der Waals surface area (Å²) in [5.41, 5.74) is 0.441. The highest BCUT2D eigenvalue weighted by atomic mass is 16.1. The molecule has 0 saturated heterocycles. The van der Waals surface area contributed by atoms with Gasteiger partial charge in [-0.3, -0.25) is 4.79 Å². The van der Waals surface area contributed by atoms with E-state index in [1.54, 1.807) is 0 Å². The molecule has 0 unspecified atom stereocenters. The number of carbonyl (C=O) groups excluding carboxylic acids is 1. The fourth-order valence-corrected chi connectivity index (χ4v) is 4.55. The molecule has 72 valence electrons. The molecule has 1 heteroatoms. The number of hydrogen-bond acceptors (Lipinski definition) is 1. The van der Waals surface area contributed by atoms with Gasteiger partial charge in [-0.25, -0.2) is 0 Å². The molecule has 0 heterocycles. The second kappa shape index (κ2) is 2.37. The van der Waals surface area contributed by atoms with Crippen molar-refractivity contribution in [3.8, 4) is 0 Å². The van der Waals surface area contributed by atoms with Gasteiger partial charge >= 0.3 is 0 Å². The molecule has 3 fully saturated rings. The molecule has 3 aliphatic rings. The minimum atomic E-state index is 0.441. The first-order valence-corrected chi connectivity index (χ1v) is 5.76. The molecule has 0 aromatic rings. The van der Waals surface area contributed by atoms with Crippen molar-refractivity contribution in [2.75, 3.05) is 0 Å². The topological polar surface area (TPSA) is 17.1 Å². The first kappa shape index (κ1) is 8.02. The van der Waals surface area contributed by atoms with Crippen molar-refractivity contribution in [2.24, 2.45) is 23.2 Å². The molecule has 13 heavy (non-hydrogen) atoms. The third kappa shape index (κ3) is 0.812. The molecule has 0 aromatic heterocycles. The van der Waals surface area contributed by atoms with Crippen LogP contribution in [-0.2, 0) is 4.79 Å². The van der Waals surface area contributed by atoms with E-state index in [2.05, 4.69) is 6.92 Å². The second-order valence-electron chi connectivity index (χ2n) is 5.50. The van der Waals surface area contributed by atoms with E-state index in [4.69, 9.17) is 0 Å². The van der Waals surface area contributed by atoms with Crippen molar-refractivity contribution < 1.29 is 4.79 Å².